The molecule has 1 heterocycles. The molecule has 0 aliphatic carbocycles. The third-order valence-electron chi connectivity index (χ3n) is 4.10. The zero-order valence-electron chi connectivity index (χ0n) is 15.0. The summed E-state index contributed by atoms with van der Waals surface area (Å²) in [6.45, 7) is 0.528. The maximum Gasteiger partial charge on any atom is 0.271 e. The number of hydrogen-bond acceptors (Lipinski definition) is 4. The highest BCUT2D eigenvalue weighted by Gasteiger charge is 2.17. The Bertz CT molecular complexity index is 890. The molecule has 0 atom stereocenters. The number of nitrogens with zero attached hydrogens (tertiary/aromatic N) is 2. The van der Waals surface area contributed by atoms with Crippen LogP contribution in [0, 0.1) is 0 Å². The van der Waals surface area contributed by atoms with Crippen LogP contribution >= 0.6 is 0 Å². The monoisotopic (exact) mass is 351 g/mol. The number of H-pyrrole nitrogens is 1. The minimum absolute atomic E-state index is 0.125. The fraction of sp³-hybridized carbons (Fsp3) is 0.200. The second kappa shape index (κ2) is 7.74. The molecule has 0 saturated carbocycles. The lowest BCUT2D eigenvalue weighted by Gasteiger charge is -2.16. The maximum absolute atomic E-state index is 12.7. The predicted molar refractivity (Wildman–Crippen MR) is 99.4 cm³/mol. The summed E-state index contributed by atoms with van der Waals surface area (Å²) < 4.78 is 10.6. The molecule has 3 aromatic rings. The van der Waals surface area contributed by atoms with Crippen molar-refractivity contribution in [3.05, 3.63) is 65.9 Å². The van der Waals surface area contributed by atoms with Crippen molar-refractivity contribution in [3.8, 4) is 22.8 Å². The van der Waals surface area contributed by atoms with Gasteiger partial charge >= 0.3 is 0 Å². The molecule has 0 spiro atoms. The van der Waals surface area contributed by atoms with Gasteiger partial charge in [0.25, 0.3) is 5.91 Å². The van der Waals surface area contributed by atoms with Crippen LogP contribution in [0.3, 0.4) is 0 Å². The van der Waals surface area contributed by atoms with Crippen molar-refractivity contribution in [2.75, 3.05) is 21.3 Å². The smallest absolute Gasteiger partial charge is 0.271 e. The van der Waals surface area contributed by atoms with E-state index < -0.39 is 0 Å². The molecule has 0 bridgehead atoms. The van der Waals surface area contributed by atoms with Crippen molar-refractivity contribution in [1.82, 2.24) is 15.1 Å². The predicted octanol–water partition coefficient (Wildman–Crippen LogP) is 3.37. The summed E-state index contributed by atoms with van der Waals surface area (Å²) in [5, 5.41) is 7.09. The van der Waals surface area contributed by atoms with Gasteiger partial charge in [-0.3, -0.25) is 9.89 Å². The Morgan fingerprint density at radius 3 is 2.54 bits per heavy atom. The van der Waals surface area contributed by atoms with E-state index in [1.165, 1.54) is 0 Å². The summed E-state index contributed by atoms with van der Waals surface area (Å²) in [6, 6.07) is 17.0. The number of amides is 1. The molecular weight excluding hydrogens is 330 g/mol. The van der Waals surface area contributed by atoms with Gasteiger partial charge < -0.3 is 14.4 Å². The first-order valence-corrected chi connectivity index (χ1v) is 8.19. The number of nitrogens with one attached hydrogen (secondary N) is 1. The van der Waals surface area contributed by atoms with Crippen molar-refractivity contribution < 1.29 is 14.3 Å². The highest BCUT2D eigenvalue weighted by Crippen LogP contribution is 2.32. The molecule has 0 radical (unpaired) electrons. The van der Waals surface area contributed by atoms with E-state index in [-0.39, 0.29) is 5.91 Å². The van der Waals surface area contributed by atoms with Crippen molar-refractivity contribution in [2.24, 2.45) is 0 Å². The molecule has 2 aromatic carbocycles. The van der Waals surface area contributed by atoms with E-state index in [9.17, 15) is 4.79 Å². The summed E-state index contributed by atoms with van der Waals surface area (Å²) in [4.78, 5) is 14.3. The summed E-state index contributed by atoms with van der Waals surface area (Å²) in [6.07, 6.45) is 0. The van der Waals surface area contributed by atoms with E-state index in [1.54, 1.807) is 38.3 Å². The van der Waals surface area contributed by atoms with Crippen LogP contribution in [0.15, 0.2) is 54.6 Å². The Morgan fingerprint density at radius 1 is 1.08 bits per heavy atom. The summed E-state index contributed by atoms with van der Waals surface area (Å²) in [5.74, 6) is 1.20. The molecule has 1 aromatic heterocycles. The van der Waals surface area contributed by atoms with Gasteiger partial charge in [-0.25, -0.2) is 0 Å². The van der Waals surface area contributed by atoms with Crippen molar-refractivity contribution >= 4 is 5.91 Å². The van der Waals surface area contributed by atoms with Crippen LogP contribution in [0.5, 0.6) is 11.5 Å². The summed E-state index contributed by atoms with van der Waals surface area (Å²) in [5.41, 5.74) is 2.92. The van der Waals surface area contributed by atoms with Gasteiger partial charge in [-0.15, -0.1) is 0 Å². The van der Waals surface area contributed by atoms with E-state index in [0.29, 0.717) is 29.4 Å². The number of carbonyl (C=O) groups is 1. The molecular formula is C20H21N3O3. The normalized spacial score (nSPS) is 10.4. The van der Waals surface area contributed by atoms with Gasteiger partial charge in [0.15, 0.2) is 0 Å². The molecule has 0 aliphatic heterocycles. The zero-order valence-corrected chi connectivity index (χ0v) is 15.0. The lowest BCUT2D eigenvalue weighted by molar-refractivity contribution is 0.0779. The van der Waals surface area contributed by atoms with Gasteiger partial charge in [0.1, 0.15) is 17.2 Å². The van der Waals surface area contributed by atoms with Crippen LogP contribution in [-0.2, 0) is 6.54 Å². The lowest BCUT2D eigenvalue weighted by Crippen LogP contribution is -2.26. The van der Waals surface area contributed by atoms with Crippen molar-refractivity contribution in [3.63, 3.8) is 0 Å². The molecule has 3 rings (SSSR count). The second-order valence-corrected chi connectivity index (χ2v) is 5.88. The quantitative estimate of drug-likeness (QED) is 0.739. The molecule has 0 aliphatic rings. The Balaban J connectivity index is 1.80. The fourth-order valence-electron chi connectivity index (χ4n) is 2.71. The topological polar surface area (TPSA) is 67.5 Å². The Morgan fingerprint density at radius 2 is 1.85 bits per heavy atom. The van der Waals surface area contributed by atoms with Gasteiger partial charge in [0.2, 0.25) is 0 Å². The van der Waals surface area contributed by atoms with Crippen molar-refractivity contribution in [1.29, 1.82) is 0 Å². The summed E-state index contributed by atoms with van der Waals surface area (Å²) >= 11 is 0. The van der Waals surface area contributed by atoms with Crippen LogP contribution in [0.1, 0.15) is 16.1 Å². The minimum Gasteiger partial charge on any atom is -0.497 e. The van der Waals surface area contributed by atoms with E-state index in [2.05, 4.69) is 10.2 Å². The Hall–Kier alpha value is -3.28. The first kappa shape index (κ1) is 17.5. The standard InChI is InChI=1S/C20H21N3O3/c1-23(13-14-7-5-4-6-8-14)20(24)18-12-17(21-22-18)16-10-9-15(25-2)11-19(16)26-3/h4-12H,13H2,1-3H3,(H,21,22). The van der Waals surface area contributed by atoms with Gasteiger partial charge in [0, 0.05) is 25.2 Å². The number of hydrogen-bond donors (Lipinski definition) is 1. The number of rotatable bonds is 6. The third kappa shape index (κ3) is 3.69. The fourth-order valence-corrected chi connectivity index (χ4v) is 2.71. The van der Waals surface area contributed by atoms with Gasteiger partial charge in [0.05, 0.1) is 19.9 Å². The van der Waals surface area contributed by atoms with E-state index >= 15 is 0 Å². The number of carbonyl (C=O) groups excluding carboxylic acids is 1. The molecule has 0 saturated heterocycles. The molecule has 1 N–H and O–H groups in total. The highest BCUT2D eigenvalue weighted by atomic mass is 16.5. The van der Waals surface area contributed by atoms with E-state index in [0.717, 1.165) is 11.1 Å². The van der Waals surface area contributed by atoms with Crippen LogP contribution in [0.4, 0.5) is 0 Å². The number of methoxy groups -OCH3 is 2. The maximum atomic E-state index is 12.7. The molecule has 0 fully saturated rings. The van der Waals surface area contributed by atoms with Crippen LogP contribution in [-0.4, -0.2) is 42.3 Å². The minimum atomic E-state index is -0.125. The first-order chi connectivity index (χ1) is 12.6. The first-order valence-electron chi connectivity index (χ1n) is 8.19. The van der Waals surface area contributed by atoms with Crippen molar-refractivity contribution in [2.45, 2.75) is 6.54 Å². The Labute approximate surface area is 152 Å². The third-order valence-corrected chi connectivity index (χ3v) is 4.10. The molecule has 0 unspecified atom stereocenters. The molecule has 6 heteroatoms. The SMILES string of the molecule is COc1ccc(-c2cc(C(=O)N(C)Cc3ccccc3)[nH]n2)c(OC)c1. The van der Waals surface area contributed by atoms with E-state index in [1.807, 2.05) is 42.5 Å². The molecule has 6 nitrogen and oxygen atoms in total. The lowest BCUT2D eigenvalue weighted by atomic mass is 10.1. The average molecular weight is 351 g/mol. The Kier molecular flexibility index (Phi) is 5.22. The van der Waals surface area contributed by atoms with Gasteiger partial charge in [-0.1, -0.05) is 30.3 Å². The zero-order chi connectivity index (χ0) is 18.5. The number of aromatic amines is 1. The highest BCUT2D eigenvalue weighted by molar-refractivity contribution is 5.93. The molecule has 134 valence electrons. The number of aromatic nitrogens is 2. The largest absolute Gasteiger partial charge is 0.497 e. The van der Waals surface area contributed by atoms with Gasteiger partial charge in [-0.05, 0) is 23.8 Å². The van der Waals surface area contributed by atoms with E-state index in [4.69, 9.17) is 9.47 Å². The van der Waals surface area contributed by atoms with Gasteiger partial charge in [-0.2, -0.15) is 5.10 Å². The average Bonchev–Trinajstić information content (AvgIpc) is 3.17. The number of ether oxygens (including phenoxy) is 2. The second-order valence-electron chi connectivity index (χ2n) is 5.88. The van der Waals surface area contributed by atoms with Crippen LogP contribution in [0.25, 0.3) is 11.3 Å². The molecule has 26 heavy (non-hydrogen) atoms. The summed E-state index contributed by atoms with van der Waals surface area (Å²) in [7, 11) is 4.96. The van der Waals surface area contributed by atoms with Crippen LogP contribution < -0.4 is 9.47 Å². The van der Waals surface area contributed by atoms with Crippen LogP contribution in [0.2, 0.25) is 0 Å². The molecule has 1 amide bonds. The number of benzene rings is 2.